The Kier molecular flexibility index (Phi) is 7.92. The van der Waals surface area contributed by atoms with E-state index in [1.165, 1.54) is 0 Å². The fourth-order valence-corrected chi connectivity index (χ4v) is 3.78. The highest BCUT2D eigenvalue weighted by atomic mass is 28.4. The van der Waals surface area contributed by atoms with Gasteiger partial charge in [-0.3, -0.25) is 0 Å². The number of ether oxygens (including phenoxy) is 2. The zero-order valence-corrected chi connectivity index (χ0v) is 18.5. The largest absolute Gasteiger partial charge is 0.497 e. The molecule has 0 aromatic heterocycles. The monoisotopic (exact) mass is 375 g/mol. The number of hydrogen-bond acceptors (Lipinski definition) is 4. The number of rotatable bonds is 8. The Morgan fingerprint density at radius 2 is 1.77 bits per heavy atom. The highest BCUT2D eigenvalue weighted by Crippen LogP contribution is 2.38. The summed E-state index contributed by atoms with van der Waals surface area (Å²) >= 11 is 0. The van der Waals surface area contributed by atoms with Crippen LogP contribution in [-0.2, 0) is 15.8 Å². The molecule has 0 amide bonds. The summed E-state index contributed by atoms with van der Waals surface area (Å²) < 4.78 is 17.5. The smallest absolute Gasteiger partial charge is 0.199 e. The molecule has 0 heterocycles. The minimum absolute atomic E-state index is 0.122. The van der Waals surface area contributed by atoms with Gasteiger partial charge in [-0.25, -0.2) is 0 Å². The minimum atomic E-state index is -1.92. The molecular weight excluding hydrogens is 342 g/mol. The second-order valence-corrected chi connectivity index (χ2v) is 12.7. The van der Waals surface area contributed by atoms with Crippen molar-refractivity contribution in [1.29, 1.82) is 5.26 Å². The molecule has 5 heteroatoms. The zero-order chi connectivity index (χ0) is 20.0. The first kappa shape index (κ1) is 22.3. The Hall–Kier alpha value is -1.77. The van der Waals surface area contributed by atoms with Gasteiger partial charge in [-0.05, 0) is 49.2 Å². The number of nitriles is 1. The van der Waals surface area contributed by atoms with Crippen molar-refractivity contribution in [3.63, 3.8) is 0 Å². The van der Waals surface area contributed by atoms with Gasteiger partial charge in [0.15, 0.2) is 14.1 Å². The minimum Gasteiger partial charge on any atom is -0.497 e. The van der Waals surface area contributed by atoms with E-state index in [4.69, 9.17) is 13.9 Å². The molecule has 0 saturated heterocycles. The van der Waals surface area contributed by atoms with Gasteiger partial charge in [0, 0.05) is 5.57 Å². The van der Waals surface area contributed by atoms with Crippen LogP contribution in [0.3, 0.4) is 0 Å². The van der Waals surface area contributed by atoms with Crippen LogP contribution >= 0.6 is 0 Å². The molecule has 144 valence electrons. The van der Waals surface area contributed by atoms with Gasteiger partial charge < -0.3 is 13.9 Å². The summed E-state index contributed by atoms with van der Waals surface area (Å²) in [5.74, 6) is 1.17. The molecule has 0 aliphatic rings. The lowest BCUT2D eigenvalue weighted by atomic mass is 10.1. The summed E-state index contributed by atoms with van der Waals surface area (Å²) in [4.78, 5) is 0. The first-order valence-corrected chi connectivity index (χ1v) is 12.0. The van der Waals surface area contributed by atoms with Crippen LogP contribution in [0.1, 0.15) is 46.6 Å². The quantitative estimate of drug-likeness (QED) is 0.327. The van der Waals surface area contributed by atoms with Crippen LogP contribution in [0.5, 0.6) is 5.75 Å². The SMILES string of the molecule is CCC(=C(C#N)OCc1ccc(OC)cc1)C(C)O[Si](C)(C)C(C)(C)C. The maximum atomic E-state index is 9.60. The Balaban J connectivity index is 2.92. The van der Waals surface area contributed by atoms with Gasteiger partial charge in [0.25, 0.3) is 0 Å². The Labute approximate surface area is 159 Å². The summed E-state index contributed by atoms with van der Waals surface area (Å²) in [5.41, 5.74) is 1.91. The molecule has 0 aliphatic carbocycles. The van der Waals surface area contributed by atoms with Crippen LogP contribution in [0.4, 0.5) is 0 Å². The van der Waals surface area contributed by atoms with Crippen molar-refractivity contribution in [2.24, 2.45) is 0 Å². The summed E-state index contributed by atoms with van der Waals surface area (Å²) in [6, 6.07) is 9.87. The molecule has 1 unspecified atom stereocenters. The maximum Gasteiger partial charge on any atom is 0.199 e. The molecule has 0 N–H and O–H groups in total. The number of nitrogens with zero attached hydrogens (tertiary/aromatic N) is 1. The lowest BCUT2D eigenvalue weighted by Crippen LogP contribution is -2.43. The predicted octanol–water partition coefficient (Wildman–Crippen LogP) is 5.81. The fourth-order valence-electron chi connectivity index (χ4n) is 2.40. The molecule has 0 aliphatic heterocycles. The van der Waals surface area contributed by atoms with Gasteiger partial charge >= 0.3 is 0 Å². The molecule has 0 fully saturated rings. The van der Waals surface area contributed by atoms with Crippen LogP contribution in [0, 0.1) is 11.3 Å². The van der Waals surface area contributed by atoms with Gasteiger partial charge in [0.05, 0.1) is 13.2 Å². The van der Waals surface area contributed by atoms with Crippen molar-refractivity contribution in [3.05, 3.63) is 41.2 Å². The number of hydrogen-bond donors (Lipinski definition) is 0. The van der Waals surface area contributed by atoms with E-state index >= 15 is 0 Å². The summed E-state index contributed by atoms with van der Waals surface area (Å²) in [6.45, 7) is 15.5. The summed E-state index contributed by atoms with van der Waals surface area (Å²) in [5, 5.41) is 9.72. The van der Waals surface area contributed by atoms with E-state index in [0.29, 0.717) is 12.4 Å². The van der Waals surface area contributed by atoms with Crippen molar-refractivity contribution in [2.75, 3.05) is 7.11 Å². The van der Waals surface area contributed by atoms with Crippen LogP contribution in [0.15, 0.2) is 35.6 Å². The van der Waals surface area contributed by atoms with E-state index in [-0.39, 0.29) is 11.1 Å². The number of methoxy groups -OCH3 is 1. The molecule has 0 radical (unpaired) electrons. The standard InChI is InChI=1S/C21H33NO3Si/c1-9-19(16(2)25-26(7,8)21(3,4)5)20(14-22)24-15-17-10-12-18(23-6)13-11-17/h10-13,16H,9,15H2,1-8H3. The van der Waals surface area contributed by atoms with Crippen molar-refractivity contribution >= 4 is 8.32 Å². The van der Waals surface area contributed by atoms with Crippen molar-refractivity contribution in [3.8, 4) is 11.8 Å². The van der Waals surface area contributed by atoms with Gasteiger partial charge in [-0.1, -0.05) is 39.8 Å². The topological polar surface area (TPSA) is 51.5 Å². The van der Waals surface area contributed by atoms with Crippen molar-refractivity contribution in [2.45, 2.75) is 71.9 Å². The van der Waals surface area contributed by atoms with Crippen molar-refractivity contribution in [1.82, 2.24) is 0 Å². The first-order valence-electron chi connectivity index (χ1n) is 9.12. The first-order chi connectivity index (χ1) is 12.1. The lowest BCUT2D eigenvalue weighted by molar-refractivity contribution is 0.185. The summed E-state index contributed by atoms with van der Waals surface area (Å²) in [7, 11) is -0.278. The van der Waals surface area contributed by atoms with Crippen LogP contribution < -0.4 is 4.74 Å². The highest BCUT2D eigenvalue weighted by molar-refractivity contribution is 6.74. The second kappa shape index (κ2) is 9.25. The normalized spacial score (nSPS) is 14.3. The van der Waals surface area contributed by atoms with Gasteiger partial charge in [-0.2, -0.15) is 5.26 Å². The van der Waals surface area contributed by atoms with Gasteiger partial charge in [0.1, 0.15) is 18.4 Å². The summed E-state index contributed by atoms with van der Waals surface area (Å²) in [6.07, 6.45) is 0.591. The van der Waals surface area contributed by atoms with Gasteiger partial charge in [-0.15, -0.1) is 0 Å². The zero-order valence-electron chi connectivity index (χ0n) is 17.5. The molecular formula is C21H33NO3Si. The fraction of sp³-hybridized carbons (Fsp3) is 0.571. The average Bonchev–Trinajstić information content (AvgIpc) is 2.57. The third kappa shape index (κ3) is 5.89. The molecule has 1 aromatic rings. The Morgan fingerprint density at radius 1 is 1.19 bits per heavy atom. The molecule has 26 heavy (non-hydrogen) atoms. The molecule has 4 nitrogen and oxygen atoms in total. The van der Waals surface area contributed by atoms with Crippen LogP contribution in [-0.4, -0.2) is 21.5 Å². The average molecular weight is 376 g/mol. The van der Waals surface area contributed by atoms with Crippen LogP contribution in [0.25, 0.3) is 0 Å². The number of benzene rings is 1. The molecule has 1 atom stereocenters. The predicted molar refractivity (Wildman–Crippen MR) is 108 cm³/mol. The molecule has 0 bridgehead atoms. The molecule has 1 aromatic carbocycles. The van der Waals surface area contributed by atoms with E-state index in [0.717, 1.165) is 23.3 Å². The van der Waals surface area contributed by atoms with E-state index in [1.807, 2.05) is 38.1 Å². The number of allylic oxidation sites excluding steroid dienone is 1. The van der Waals surface area contributed by atoms with E-state index < -0.39 is 8.32 Å². The highest BCUT2D eigenvalue weighted by Gasteiger charge is 2.39. The Morgan fingerprint density at radius 3 is 2.19 bits per heavy atom. The van der Waals surface area contributed by atoms with Crippen LogP contribution in [0.2, 0.25) is 18.1 Å². The Bertz CT molecular complexity index is 651. The molecule has 0 spiro atoms. The van der Waals surface area contributed by atoms with Crippen molar-refractivity contribution < 1.29 is 13.9 Å². The van der Waals surface area contributed by atoms with E-state index in [9.17, 15) is 5.26 Å². The third-order valence-electron chi connectivity index (χ3n) is 5.08. The molecule has 1 rings (SSSR count). The van der Waals surface area contributed by atoms with Gasteiger partial charge in [0.2, 0.25) is 0 Å². The maximum absolute atomic E-state index is 9.60. The second-order valence-electron chi connectivity index (χ2n) is 7.98. The molecule has 0 saturated carbocycles. The van der Waals surface area contributed by atoms with E-state index in [2.05, 4.69) is 39.9 Å². The third-order valence-corrected chi connectivity index (χ3v) is 9.64. The van der Waals surface area contributed by atoms with E-state index in [1.54, 1.807) is 7.11 Å². The lowest BCUT2D eigenvalue weighted by Gasteiger charge is -2.39.